The first-order valence-electron chi connectivity index (χ1n) is 6.76. The average Bonchev–Trinajstić information content (AvgIpc) is 2.81. The zero-order valence-electron chi connectivity index (χ0n) is 12.0. The van der Waals surface area contributed by atoms with Crippen molar-refractivity contribution >= 4 is 0 Å². The van der Waals surface area contributed by atoms with Crippen LogP contribution in [-0.2, 0) is 0 Å². The number of hydrogen-bond donors (Lipinski definition) is 0. The Bertz CT molecular complexity index is 756. The van der Waals surface area contributed by atoms with Crippen LogP contribution in [0.15, 0.2) is 52.9 Å². The molecular formula is C18H17NO. The largest absolute Gasteiger partial charge is 0.436 e. The highest BCUT2D eigenvalue weighted by Crippen LogP contribution is 2.32. The van der Waals surface area contributed by atoms with Gasteiger partial charge in [-0.2, -0.15) is 0 Å². The van der Waals surface area contributed by atoms with E-state index in [4.69, 9.17) is 4.42 Å². The van der Waals surface area contributed by atoms with E-state index in [0.717, 1.165) is 22.6 Å². The van der Waals surface area contributed by atoms with Gasteiger partial charge in [-0.25, -0.2) is 4.98 Å². The van der Waals surface area contributed by atoms with Crippen LogP contribution < -0.4 is 0 Å². The van der Waals surface area contributed by atoms with Crippen molar-refractivity contribution in [2.45, 2.75) is 20.8 Å². The van der Waals surface area contributed by atoms with Crippen molar-refractivity contribution in [1.29, 1.82) is 0 Å². The molecule has 2 heteroatoms. The highest BCUT2D eigenvalue weighted by molar-refractivity contribution is 5.67. The van der Waals surface area contributed by atoms with Gasteiger partial charge in [-0.1, -0.05) is 42.5 Å². The molecule has 0 bridgehead atoms. The van der Waals surface area contributed by atoms with E-state index in [1.807, 2.05) is 37.3 Å². The first-order chi connectivity index (χ1) is 9.66. The van der Waals surface area contributed by atoms with Crippen LogP contribution in [0.2, 0.25) is 0 Å². The lowest BCUT2D eigenvalue weighted by molar-refractivity contribution is 0.587. The topological polar surface area (TPSA) is 26.0 Å². The number of nitrogens with zero attached hydrogens (tertiary/aromatic N) is 1. The molecule has 2 nitrogen and oxygen atoms in total. The summed E-state index contributed by atoms with van der Waals surface area (Å²) in [4.78, 5) is 4.59. The molecule has 3 rings (SSSR count). The van der Waals surface area contributed by atoms with Gasteiger partial charge in [0.1, 0.15) is 0 Å². The lowest BCUT2D eigenvalue weighted by Gasteiger charge is -2.02. The van der Waals surface area contributed by atoms with E-state index in [1.54, 1.807) is 0 Å². The SMILES string of the molecule is Cc1ccccc1-c1nc(C)c(-c2ccccc2C)o1. The summed E-state index contributed by atoms with van der Waals surface area (Å²) in [6, 6.07) is 16.4. The van der Waals surface area contributed by atoms with E-state index >= 15 is 0 Å². The quantitative estimate of drug-likeness (QED) is 0.655. The fourth-order valence-electron chi connectivity index (χ4n) is 2.40. The van der Waals surface area contributed by atoms with Crippen LogP contribution in [0.1, 0.15) is 16.8 Å². The number of benzene rings is 2. The normalized spacial score (nSPS) is 10.8. The molecule has 0 amide bonds. The molecule has 0 fully saturated rings. The molecule has 0 radical (unpaired) electrons. The third-order valence-electron chi connectivity index (χ3n) is 3.56. The molecule has 0 atom stereocenters. The Kier molecular flexibility index (Phi) is 3.15. The van der Waals surface area contributed by atoms with Gasteiger partial charge in [-0.15, -0.1) is 0 Å². The minimum Gasteiger partial charge on any atom is -0.436 e. The number of rotatable bonds is 2. The Morgan fingerprint density at radius 1 is 0.750 bits per heavy atom. The molecule has 3 aromatic rings. The summed E-state index contributed by atoms with van der Waals surface area (Å²) < 4.78 is 6.04. The second-order valence-electron chi connectivity index (χ2n) is 5.06. The van der Waals surface area contributed by atoms with E-state index in [-0.39, 0.29) is 0 Å². The standard InChI is InChI=1S/C18H17NO/c1-12-8-4-6-10-15(12)17-14(3)19-18(20-17)16-11-7-5-9-13(16)2/h4-11H,1-3H3. The molecule has 0 aliphatic rings. The summed E-state index contributed by atoms with van der Waals surface area (Å²) in [7, 11) is 0. The Morgan fingerprint density at radius 2 is 1.30 bits per heavy atom. The van der Waals surface area contributed by atoms with Crippen molar-refractivity contribution in [3.63, 3.8) is 0 Å². The second-order valence-corrected chi connectivity index (χ2v) is 5.06. The number of aromatic nitrogens is 1. The summed E-state index contributed by atoms with van der Waals surface area (Å²) in [5.41, 5.74) is 5.46. The van der Waals surface area contributed by atoms with Crippen LogP contribution >= 0.6 is 0 Å². The minimum absolute atomic E-state index is 0.693. The van der Waals surface area contributed by atoms with E-state index < -0.39 is 0 Å². The Morgan fingerprint density at radius 3 is 1.90 bits per heavy atom. The minimum atomic E-state index is 0.693. The lowest BCUT2D eigenvalue weighted by Crippen LogP contribution is -1.82. The van der Waals surface area contributed by atoms with Crippen molar-refractivity contribution in [3.05, 3.63) is 65.4 Å². The van der Waals surface area contributed by atoms with Gasteiger partial charge in [0.25, 0.3) is 0 Å². The predicted octanol–water partition coefficient (Wildman–Crippen LogP) is 4.93. The third-order valence-corrected chi connectivity index (χ3v) is 3.56. The van der Waals surface area contributed by atoms with Crippen LogP contribution in [-0.4, -0.2) is 4.98 Å². The molecule has 1 aromatic heterocycles. The number of aryl methyl sites for hydroxylation is 3. The van der Waals surface area contributed by atoms with Crippen LogP contribution in [0.5, 0.6) is 0 Å². The maximum Gasteiger partial charge on any atom is 0.227 e. The van der Waals surface area contributed by atoms with Gasteiger partial charge in [0.05, 0.1) is 5.69 Å². The second kappa shape index (κ2) is 4.97. The van der Waals surface area contributed by atoms with Crippen molar-refractivity contribution in [3.8, 4) is 22.8 Å². The zero-order valence-corrected chi connectivity index (χ0v) is 12.0. The maximum atomic E-state index is 6.04. The molecule has 0 spiro atoms. The van der Waals surface area contributed by atoms with Crippen LogP contribution in [0.4, 0.5) is 0 Å². The van der Waals surface area contributed by atoms with E-state index in [9.17, 15) is 0 Å². The summed E-state index contributed by atoms with van der Waals surface area (Å²) in [6.45, 7) is 6.15. The van der Waals surface area contributed by atoms with Crippen LogP contribution in [0.3, 0.4) is 0 Å². The first-order valence-corrected chi connectivity index (χ1v) is 6.76. The zero-order chi connectivity index (χ0) is 14.1. The molecule has 100 valence electrons. The summed E-state index contributed by atoms with van der Waals surface area (Å²) >= 11 is 0. The summed E-state index contributed by atoms with van der Waals surface area (Å²) in [6.07, 6.45) is 0. The molecule has 0 unspecified atom stereocenters. The molecule has 1 heterocycles. The summed E-state index contributed by atoms with van der Waals surface area (Å²) in [5.74, 6) is 1.56. The summed E-state index contributed by atoms with van der Waals surface area (Å²) in [5, 5.41) is 0. The van der Waals surface area contributed by atoms with E-state index in [2.05, 4.69) is 37.0 Å². The average molecular weight is 263 g/mol. The van der Waals surface area contributed by atoms with Gasteiger partial charge in [0, 0.05) is 11.1 Å². The smallest absolute Gasteiger partial charge is 0.227 e. The monoisotopic (exact) mass is 263 g/mol. The van der Waals surface area contributed by atoms with Gasteiger partial charge < -0.3 is 4.42 Å². The number of hydrogen-bond acceptors (Lipinski definition) is 2. The molecule has 0 saturated heterocycles. The Hall–Kier alpha value is -2.35. The lowest BCUT2D eigenvalue weighted by atomic mass is 10.1. The number of oxazole rings is 1. The molecule has 0 saturated carbocycles. The highest BCUT2D eigenvalue weighted by Gasteiger charge is 2.15. The van der Waals surface area contributed by atoms with E-state index in [0.29, 0.717) is 5.89 Å². The van der Waals surface area contributed by atoms with Crippen LogP contribution in [0, 0.1) is 20.8 Å². The van der Waals surface area contributed by atoms with Gasteiger partial charge in [0.15, 0.2) is 5.76 Å². The molecular weight excluding hydrogens is 246 g/mol. The molecule has 0 N–H and O–H groups in total. The fourth-order valence-corrected chi connectivity index (χ4v) is 2.40. The Labute approximate surface area is 119 Å². The van der Waals surface area contributed by atoms with E-state index in [1.165, 1.54) is 11.1 Å². The highest BCUT2D eigenvalue weighted by atomic mass is 16.4. The first kappa shape index (κ1) is 12.7. The van der Waals surface area contributed by atoms with Gasteiger partial charge in [0.2, 0.25) is 5.89 Å². The fraction of sp³-hybridized carbons (Fsp3) is 0.167. The van der Waals surface area contributed by atoms with Gasteiger partial charge in [-0.05, 0) is 38.0 Å². The maximum absolute atomic E-state index is 6.04. The molecule has 0 aliphatic carbocycles. The van der Waals surface area contributed by atoms with Crippen molar-refractivity contribution in [2.75, 3.05) is 0 Å². The predicted molar refractivity (Wildman–Crippen MR) is 81.6 cm³/mol. The van der Waals surface area contributed by atoms with Crippen molar-refractivity contribution in [1.82, 2.24) is 4.98 Å². The van der Waals surface area contributed by atoms with Crippen molar-refractivity contribution < 1.29 is 4.42 Å². The van der Waals surface area contributed by atoms with Gasteiger partial charge >= 0.3 is 0 Å². The Balaban J connectivity index is 2.13. The van der Waals surface area contributed by atoms with Gasteiger partial charge in [-0.3, -0.25) is 0 Å². The molecule has 0 aliphatic heterocycles. The van der Waals surface area contributed by atoms with Crippen LogP contribution in [0.25, 0.3) is 22.8 Å². The molecule has 2 aromatic carbocycles. The van der Waals surface area contributed by atoms with Crippen molar-refractivity contribution in [2.24, 2.45) is 0 Å². The third kappa shape index (κ3) is 2.14. The molecule has 20 heavy (non-hydrogen) atoms.